The first-order chi connectivity index (χ1) is 9.06. The highest BCUT2D eigenvalue weighted by Crippen LogP contribution is 2.08. The summed E-state index contributed by atoms with van der Waals surface area (Å²) < 4.78 is 5.07. The zero-order valence-electron chi connectivity index (χ0n) is 12.0. The first-order valence-electron chi connectivity index (χ1n) is 6.65. The molecule has 3 N–H and O–H groups in total. The van der Waals surface area contributed by atoms with E-state index in [9.17, 15) is 4.79 Å². The van der Waals surface area contributed by atoms with Crippen molar-refractivity contribution in [3.8, 4) is 0 Å². The Labute approximate surface area is 115 Å². The van der Waals surface area contributed by atoms with Crippen LogP contribution in [0.25, 0.3) is 0 Å². The van der Waals surface area contributed by atoms with Gasteiger partial charge in [-0.3, -0.25) is 4.79 Å². The van der Waals surface area contributed by atoms with Crippen molar-refractivity contribution < 1.29 is 9.53 Å². The molecule has 1 aromatic rings. The summed E-state index contributed by atoms with van der Waals surface area (Å²) in [5.74, 6) is 0.433. The highest BCUT2D eigenvalue weighted by Gasteiger charge is 2.14. The van der Waals surface area contributed by atoms with Gasteiger partial charge >= 0.3 is 0 Å². The van der Waals surface area contributed by atoms with Gasteiger partial charge in [0.1, 0.15) is 0 Å². The first kappa shape index (κ1) is 15.7. The van der Waals surface area contributed by atoms with E-state index in [0.717, 1.165) is 12.0 Å². The van der Waals surface area contributed by atoms with Gasteiger partial charge in [-0.05, 0) is 30.0 Å². The Morgan fingerprint density at radius 1 is 1.42 bits per heavy atom. The maximum absolute atomic E-state index is 12.1. The lowest BCUT2D eigenvalue weighted by Gasteiger charge is -2.19. The van der Waals surface area contributed by atoms with E-state index in [1.54, 1.807) is 13.2 Å². The molecule has 19 heavy (non-hydrogen) atoms. The minimum absolute atomic E-state index is 0.0265. The number of nitrogens with two attached hydrogens (primary N) is 1. The second-order valence-electron chi connectivity index (χ2n) is 5.17. The van der Waals surface area contributed by atoms with Crippen molar-refractivity contribution in [2.45, 2.75) is 32.9 Å². The van der Waals surface area contributed by atoms with Crippen molar-refractivity contribution in [1.29, 1.82) is 0 Å². The number of benzene rings is 1. The topological polar surface area (TPSA) is 64.3 Å². The molecule has 1 amide bonds. The number of ether oxygens (including phenoxy) is 1. The number of rotatable bonds is 7. The average Bonchev–Trinajstić information content (AvgIpc) is 2.38. The third-order valence-electron chi connectivity index (χ3n) is 2.88. The molecule has 1 aromatic carbocycles. The molecule has 1 unspecified atom stereocenters. The number of methoxy groups -OCH3 is 1. The van der Waals surface area contributed by atoms with Crippen molar-refractivity contribution in [1.82, 2.24) is 5.32 Å². The van der Waals surface area contributed by atoms with Crippen molar-refractivity contribution in [2.75, 3.05) is 13.7 Å². The van der Waals surface area contributed by atoms with Gasteiger partial charge in [0.2, 0.25) is 0 Å². The number of hydrogen-bond donors (Lipinski definition) is 2. The van der Waals surface area contributed by atoms with E-state index in [-0.39, 0.29) is 11.9 Å². The summed E-state index contributed by atoms with van der Waals surface area (Å²) in [6.07, 6.45) is 0.889. The summed E-state index contributed by atoms with van der Waals surface area (Å²) in [5, 5.41) is 2.98. The van der Waals surface area contributed by atoms with Crippen molar-refractivity contribution >= 4 is 5.91 Å². The molecule has 0 fully saturated rings. The third kappa shape index (κ3) is 5.41. The molecule has 0 bridgehead atoms. The maximum Gasteiger partial charge on any atom is 0.251 e. The Morgan fingerprint density at radius 2 is 2.16 bits per heavy atom. The van der Waals surface area contributed by atoms with Crippen molar-refractivity contribution in [3.63, 3.8) is 0 Å². The first-order valence-corrected chi connectivity index (χ1v) is 6.65. The molecule has 0 aliphatic heterocycles. The summed E-state index contributed by atoms with van der Waals surface area (Å²) in [6.45, 7) is 5.21. The van der Waals surface area contributed by atoms with Crippen LogP contribution in [0.5, 0.6) is 0 Å². The fraction of sp³-hybridized carbons (Fsp3) is 0.533. The lowest BCUT2D eigenvalue weighted by molar-refractivity contribution is 0.0933. The van der Waals surface area contributed by atoms with Gasteiger partial charge < -0.3 is 15.8 Å². The lowest BCUT2D eigenvalue weighted by atomic mass is 10.0. The van der Waals surface area contributed by atoms with Crippen LogP contribution in [0.15, 0.2) is 24.3 Å². The molecular formula is C15H24N2O2. The third-order valence-corrected chi connectivity index (χ3v) is 2.88. The van der Waals surface area contributed by atoms with Crippen LogP contribution in [-0.4, -0.2) is 25.6 Å². The van der Waals surface area contributed by atoms with Crippen molar-refractivity contribution in [2.24, 2.45) is 11.7 Å². The maximum atomic E-state index is 12.1. The molecule has 1 rings (SSSR count). The van der Waals surface area contributed by atoms with Gasteiger partial charge in [-0.15, -0.1) is 0 Å². The molecule has 4 nitrogen and oxygen atoms in total. The molecule has 0 saturated carbocycles. The lowest BCUT2D eigenvalue weighted by Crippen LogP contribution is -2.41. The Kier molecular flexibility index (Phi) is 6.53. The summed E-state index contributed by atoms with van der Waals surface area (Å²) in [5.41, 5.74) is 7.33. The molecule has 0 saturated heterocycles. The Hall–Kier alpha value is -1.39. The fourth-order valence-corrected chi connectivity index (χ4v) is 2.02. The smallest absolute Gasteiger partial charge is 0.251 e. The van der Waals surface area contributed by atoms with Gasteiger partial charge in [-0.25, -0.2) is 0 Å². The van der Waals surface area contributed by atoms with E-state index in [4.69, 9.17) is 10.5 Å². The highest BCUT2D eigenvalue weighted by atomic mass is 16.5. The Bertz CT molecular complexity index is 405. The number of nitrogens with one attached hydrogen (secondary N) is 1. The molecule has 1 atom stereocenters. The molecule has 0 spiro atoms. The van der Waals surface area contributed by atoms with E-state index < -0.39 is 0 Å². The van der Waals surface area contributed by atoms with Crippen molar-refractivity contribution in [3.05, 3.63) is 35.4 Å². The Balaban J connectivity index is 2.68. The van der Waals surface area contributed by atoms with Crippen LogP contribution in [0, 0.1) is 5.92 Å². The van der Waals surface area contributed by atoms with Gasteiger partial charge in [-0.2, -0.15) is 0 Å². The van der Waals surface area contributed by atoms with E-state index in [0.29, 0.717) is 24.6 Å². The van der Waals surface area contributed by atoms with Crippen LogP contribution in [-0.2, 0) is 11.3 Å². The molecule has 0 aliphatic rings. The number of hydrogen-bond acceptors (Lipinski definition) is 3. The van der Waals surface area contributed by atoms with Crippen LogP contribution in [0.3, 0.4) is 0 Å². The summed E-state index contributed by atoms with van der Waals surface area (Å²) >= 11 is 0. The molecule has 0 aromatic heterocycles. The van der Waals surface area contributed by atoms with E-state index in [1.807, 2.05) is 18.2 Å². The normalized spacial score (nSPS) is 12.5. The minimum atomic E-state index is -0.0750. The predicted octanol–water partition coefficient (Wildman–Crippen LogP) is 1.94. The van der Waals surface area contributed by atoms with E-state index >= 15 is 0 Å². The van der Waals surface area contributed by atoms with Crippen LogP contribution >= 0.6 is 0 Å². The highest BCUT2D eigenvalue weighted by molar-refractivity contribution is 5.94. The van der Waals surface area contributed by atoms with Crippen LogP contribution in [0.4, 0.5) is 0 Å². The SMILES string of the molecule is COCc1cccc(C(=O)NC(CN)CC(C)C)c1. The summed E-state index contributed by atoms with van der Waals surface area (Å²) in [4.78, 5) is 12.1. The van der Waals surface area contributed by atoms with Crippen LogP contribution < -0.4 is 11.1 Å². The van der Waals surface area contributed by atoms with Gasteiger partial charge in [0.25, 0.3) is 5.91 Å². The van der Waals surface area contributed by atoms with Gasteiger partial charge in [0.05, 0.1) is 6.61 Å². The quantitative estimate of drug-likeness (QED) is 0.791. The molecule has 4 heteroatoms. The number of carbonyl (C=O) groups excluding carboxylic acids is 1. The summed E-state index contributed by atoms with van der Waals surface area (Å²) in [7, 11) is 1.64. The average molecular weight is 264 g/mol. The molecule has 0 radical (unpaired) electrons. The fourth-order valence-electron chi connectivity index (χ4n) is 2.02. The Morgan fingerprint density at radius 3 is 2.74 bits per heavy atom. The van der Waals surface area contributed by atoms with Gasteiger partial charge in [-0.1, -0.05) is 26.0 Å². The monoisotopic (exact) mass is 264 g/mol. The minimum Gasteiger partial charge on any atom is -0.380 e. The molecule has 106 valence electrons. The van der Waals surface area contributed by atoms with Gasteiger partial charge in [0.15, 0.2) is 0 Å². The largest absolute Gasteiger partial charge is 0.380 e. The standard InChI is InChI=1S/C15H24N2O2/c1-11(2)7-14(9-16)17-15(18)13-6-4-5-12(8-13)10-19-3/h4-6,8,11,14H,7,9-10,16H2,1-3H3,(H,17,18). The second-order valence-corrected chi connectivity index (χ2v) is 5.17. The van der Waals surface area contributed by atoms with E-state index in [1.165, 1.54) is 0 Å². The van der Waals surface area contributed by atoms with Crippen LogP contribution in [0.2, 0.25) is 0 Å². The predicted molar refractivity (Wildman–Crippen MR) is 76.9 cm³/mol. The zero-order chi connectivity index (χ0) is 14.3. The zero-order valence-corrected chi connectivity index (χ0v) is 12.0. The van der Waals surface area contributed by atoms with E-state index in [2.05, 4.69) is 19.2 Å². The number of amides is 1. The van der Waals surface area contributed by atoms with Crippen LogP contribution in [0.1, 0.15) is 36.2 Å². The summed E-state index contributed by atoms with van der Waals surface area (Å²) in [6, 6.07) is 7.48. The van der Waals surface area contributed by atoms with Gasteiger partial charge in [0, 0.05) is 25.3 Å². The molecule has 0 aliphatic carbocycles. The number of carbonyl (C=O) groups is 1. The molecular weight excluding hydrogens is 240 g/mol. The molecule has 0 heterocycles. The second kappa shape index (κ2) is 7.92.